The van der Waals surface area contributed by atoms with E-state index in [0.29, 0.717) is 23.8 Å². The second-order valence-corrected chi connectivity index (χ2v) is 7.57. The number of nitrogens with two attached hydrogens (primary N) is 1. The molecular formula is C17H27N3O. The van der Waals surface area contributed by atoms with Gasteiger partial charge in [0.2, 0.25) is 0 Å². The Hall–Kier alpha value is -1.58. The van der Waals surface area contributed by atoms with Crippen LogP contribution in [0.25, 0.3) is 0 Å². The Morgan fingerprint density at radius 3 is 2.33 bits per heavy atom. The molecule has 0 aliphatic heterocycles. The van der Waals surface area contributed by atoms with Crippen LogP contribution in [0.2, 0.25) is 0 Å². The van der Waals surface area contributed by atoms with Crippen LogP contribution in [0.4, 0.5) is 5.82 Å². The van der Waals surface area contributed by atoms with Gasteiger partial charge in [-0.3, -0.25) is 4.79 Å². The van der Waals surface area contributed by atoms with Gasteiger partial charge in [0.1, 0.15) is 5.82 Å². The van der Waals surface area contributed by atoms with Crippen molar-refractivity contribution in [2.24, 2.45) is 16.7 Å². The summed E-state index contributed by atoms with van der Waals surface area (Å²) in [5, 5.41) is 3.04. The number of pyridine rings is 1. The summed E-state index contributed by atoms with van der Waals surface area (Å²) in [4.78, 5) is 16.6. The fourth-order valence-corrected chi connectivity index (χ4v) is 3.14. The van der Waals surface area contributed by atoms with Crippen molar-refractivity contribution in [2.75, 3.05) is 12.3 Å². The van der Waals surface area contributed by atoms with E-state index in [1.165, 1.54) is 0 Å². The predicted octanol–water partition coefficient (Wildman–Crippen LogP) is 3.20. The molecule has 0 saturated heterocycles. The Balaban J connectivity index is 2.05. The van der Waals surface area contributed by atoms with Gasteiger partial charge in [0, 0.05) is 17.8 Å². The summed E-state index contributed by atoms with van der Waals surface area (Å²) in [6.45, 7) is 13.8. The molecule has 1 aromatic heterocycles. The van der Waals surface area contributed by atoms with E-state index in [1.54, 1.807) is 6.07 Å². The highest BCUT2D eigenvalue weighted by Gasteiger charge is 2.64. The molecule has 4 nitrogen and oxygen atoms in total. The van der Waals surface area contributed by atoms with Gasteiger partial charge in [-0.25, -0.2) is 4.98 Å². The SMILES string of the molecule is CC(C)c1cc(C(=O)NCC2C(C)(C)C2(C)C)cc(N)n1. The lowest BCUT2D eigenvalue weighted by Crippen LogP contribution is -2.27. The van der Waals surface area contributed by atoms with Crippen molar-refractivity contribution in [3.8, 4) is 0 Å². The lowest BCUT2D eigenvalue weighted by molar-refractivity contribution is 0.0949. The van der Waals surface area contributed by atoms with Crippen LogP contribution in [0.5, 0.6) is 0 Å². The van der Waals surface area contributed by atoms with Gasteiger partial charge in [-0.2, -0.15) is 0 Å². The lowest BCUT2D eigenvalue weighted by Gasteiger charge is -2.10. The maximum Gasteiger partial charge on any atom is 0.251 e. The minimum absolute atomic E-state index is 0.0653. The molecule has 0 radical (unpaired) electrons. The zero-order chi connectivity index (χ0) is 16.0. The summed E-state index contributed by atoms with van der Waals surface area (Å²) >= 11 is 0. The van der Waals surface area contributed by atoms with E-state index in [-0.39, 0.29) is 22.7 Å². The van der Waals surface area contributed by atoms with Crippen molar-refractivity contribution in [1.82, 2.24) is 10.3 Å². The molecule has 1 aliphatic rings. The molecule has 0 aromatic carbocycles. The van der Waals surface area contributed by atoms with E-state index in [1.807, 2.05) is 19.9 Å². The average Bonchev–Trinajstić information content (AvgIpc) is 2.76. The highest BCUT2D eigenvalue weighted by Crippen LogP contribution is 2.67. The third kappa shape index (κ3) is 2.76. The molecule has 116 valence electrons. The number of carbonyl (C=O) groups is 1. The molecule has 1 amide bonds. The molecule has 0 spiro atoms. The standard InChI is InChI=1S/C17H27N3O/c1-10(2)12-7-11(8-14(18)20-12)15(21)19-9-13-16(3,4)17(13,5)6/h7-8,10,13H,9H2,1-6H3,(H2,18,20)(H,19,21). The summed E-state index contributed by atoms with van der Waals surface area (Å²) in [5.41, 5.74) is 7.81. The maximum absolute atomic E-state index is 12.3. The van der Waals surface area contributed by atoms with Crippen LogP contribution in [-0.4, -0.2) is 17.4 Å². The number of nitrogens with one attached hydrogen (secondary N) is 1. The van der Waals surface area contributed by atoms with Crippen molar-refractivity contribution in [3.05, 3.63) is 23.4 Å². The lowest BCUT2D eigenvalue weighted by atomic mass is 10.0. The molecule has 4 heteroatoms. The van der Waals surface area contributed by atoms with Gasteiger partial charge in [0.25, 0.3) is 5.91 Å². The van der Waals surface area contributed by atoms with Gasteiger partial charge in [-0.1, -0.05) is 41.5 Å². The Kier molecular flexibility index (Phi) is 3.77. The van der Waals surface area contributed by atoms with Crippen LogP contribution in [0.1, 0.15) is 63.5 Å². The summed E-state index contributed by atoms with van der Waals surface area (Å²) in [7, 11) is 0. The molecule has 1 heterocycles. The van der Waals surface area contributed by atoms with Crippen molar-refractivity contribution < 1.29 is 4.79 Å². The smallest absolute Gasteiger partial charge is 0.251 e. The largest absolute Gasteiger partial charge is 0.384 e. The average molecular weight is 289 g/mol. The molecule has 1 aromatic rings. The summed E-state index contributed by atoms with van der Waals surface area (Å²) in [6.07, 6.45) is 0. The number of hydrogen-bond donors (Lipinski definition) is 2. The number of nitrogens with zero attached hydrogens (tertiary/aromatic N) is 1. The first-order valence-electron chi connectivity index (χ1n) is 7.63. The van der Waals surface area contributed by atoms with Crippen LogP contribution >= 0.6 is 0 Å². The first-order chi connectivity index (χ1) is 9.57. The van der Waals surface area contributed by atoms with E-state index in [2.05, 4.69) is 38.0 Å². The van der Waals surface area contributed by atoms with Gasteiger partial charge >= 0.3 is 0 Å². The van der Waals surface area contributed by atoms with Crippen molar-refractivity contribution in [1.29, 1.82) is 0 Å². The molecule has 1 fully saturated rings. The van der Waals surface area contributed by atoms with E-state index in [4.69, 9.17) is 5.73 Å². The topological polar surface area (TPSA) is 68.0 Å². The van der Waals surface area contributed by atoms with Gasteiger partial charge in [-0.15, -0.1) is 0 Å². The number of nitrogen functional groups attached to an aromatic ring is 1. The van der Waals surface area contributed by atoms with Crippen LogP contribution in [-0.2, 0) is 0 Å². The van der Waals surface area contributed by atoms with Crippen LogP contribution in [0.15, 0.2) is 12.1 Å². The zero-order valence-electron chi connectivity index (χ0n) is 13.9. The first-order valence-corrected chi connectivity index (χ1v) is 7.63. The number of carbonyl (C=O) groups excluding carboxylic acids is 1. The molecule has 0 bridgehead atoms. The Bertz CT molecular complexity index is 547. The third-order valence-corrected chi connectivity index (χ3v) is 5.51. The molecule has 1 saturated carbocycles. The molecule has 1 aliphatic carbocycles. The van der Waals surface area contributed by atoms with E-state index in [9.17, 15) is 4.79 Å². The maximum atomic E-state index is 12.3. The number of hydrogen-bond acceptors (Lipinski definition) is 3. The molecule has 0 atom stereocenters. The fraction of sp³-hybridized carbons (Fsp3) is 0.647. The van der Waals surface area contributed by atoms with Gasteiger partial charge in [0.05, 0.1) is 0 Å². The second-order valence-electron chi connectivity index (χ2n) is 7.57. The van der Waals surface area contributed by atoms with E-state index in [0.717, 1.165) is 5.69 Å². The van der Waals surface area contributed by atoms with E-state index >= 15 is 0 Å². The summed E-state index contributed by atoms with van der Waals surface area (Å²) < 4.78 is 0. The van der Waals surface area contributed by atoms with Gasteiger partial charge < -0.3 is 11.1 Å². The van der Waals surface area contributed by atoms with Crippen molar-refractivity contribution in [2.45, 2.75) is 47.5 Å². The van der Waals surface area contributed by atoms with E-state index < -0.39 is 0 Å². The monoisotopic (exact) mass is 289 g/mol. The molecule has 2 rings (SSSR count). The predicted molar refractivity (Wildman–Crippen MR) is 86.1 cm³/mol. The Morgan fingerprint density at radius 1 is 1.29 bits per heavy atom. The fourth-order valence-electron chi connectivity index (χ4n) is 3.14. The zero-order valence-corrected chi connectivity index (χ0v) is 13.9. The van der Waals surface area contributed by atoms with Crippen LogP contribution in [0, 0.1) is 16.7 Å². The molecular weight excluding hydrogens is 262 g/mol. The van der Waals surface area contributed by atoms with Gasteiger partial charge in [0.15, 0.2) is 0 Å². The van der Waals surface area contributed by atoms with Crippen LogP contribution < -0.4 is 11.1 Å². The number of aromatic nitrogens is 1. The third-order valence-electron chi connectivity index (χ3n) is 5.51. The molecule has 3 N–H and O–H groups in total. The highest BCUT2D eigenvalue weighted by atomic mass is 16.1. The minimum atomic E-state index is -0.0653. The number of amides is 1. The van der Waals surface area contributed by atoms with Crippen molar-refractivity contribution >= 4 is 11.7 Å². The Morgan fingerprint density at radius 2 is 1.86 bits per heavy atom. The summed E-state index contributed by atoms with van der Waals surface area (Å²) in [6, 6.07) is 3.48. The van der Waals surface area contributed by atoms with Crippen LogP contribution in [0.3, 0.4) is 0 Å². The van der Waals surface area contributed by atoms with Crippen molar-refractivity contribution in [3.63, 3.8) is 0 Å². The highest BCUT2D eigenvalue weighted by molar-refractivity contribution is 5.95. The number of anilines is 1. The number of rotatable bonds is 4. The first kappa shape index (κ1) is 15.8. The Labute approximate surface area is 127 Å². The second kappa shape index (κ2) is 5.00. The molecule has 21 heavy (non-hydrogen) atoms. The molecule has 0 unspecified atom stereocenters. The van der Waals surface area contributed by atoms with Gasteiger partial charge in [-0.05, 0) is 34.8 Å². The quantitative estimate of drug-likeness (QED) is 0.894. The normalized spacial score (nSPS) is 19.6. The minimum Gasteiger partial charge on any atom is -0.384 e. The summed E-state index contributed by atoms with van der Waals surface area (Å²) in [5.74, 6) is 1.10.